The van der Waals surface area contributed by atoms with Gasteiger partial charge in [-0.05, 0) is 48.0 Å². The van der Waals surface area contributed by atoms with Crippen LogP contribution in [0.5, 0.6) is 17.2 Å². The van der Waals surface area contributed by atoms with Crippen molar-refractivity contribution < 1.29 is 56.6 Å². The number of aliphatic hydroxyl groups excluding tert-OH is 2. The number of pyridine rings is 1. The van der Waals surface area contributed by atoms with Crippen LogP contribution >= 0.6 is 0 Å². The first-order chi connectivity index (χ1) is 23.5. The van der Waals surface area contributed by atoms with Crippen LogP contribution in [0.3, 0.4) is 0 Å². The van der Waals surface area contributed by atoms with E-state index < -0.39 is 48.4 Å². The fourth-order valence-electron chi connectivity index (χ4n) is 6.42. The summed E-state index contributed by atoms with van der Waals surface area (Å²) in [6.07, 6.45) is -9.91. The highest BCUT2D eigenvalue weighted by molar-refractivity contribution is 5.92. The van der Waals surface area contributed by atoms with Crippen LogP contribution < -0.4 is 14.2 Å². The molecule has 0 unspecified atom stereocenters. The molecule has 1 aromatic heterocycles. The Labute approximate surface area is 277 Å². The molecule has 5 atom stereocenters. The molecule has 4 heterocycles. The van der Waals surface area contributed by atoms with Gasteiger partial charge in [0.2, 0.25) is 6.29 Å². The number of fused-ring (bicyclic) bond motifs is 5. The number of aromatic nitrogens is 1. The summed E-state index contributed by atoms with van der Waals surface area (Å²) >= 11 is 0. The third-order valence-corrected chi connectivity index (χ3v) is 9.05. The van der Waals surface area contributed by atoms with Gasteiger partial charge in [0.1, 0.15) is 30.0 Å². The van der Waals surface area contributed by atoms with Crippen molar-refractivity contribution in [3.8, 4) is 28.4 Å². The molecule has 10 nitrogen and oxygen atoms in total. The average Bonchev–Trinajstić information content (AvgIpc) is 3.06. The predicted octanol–water partition coefficient (Wildman–Crippen LogP) is 4.98. The molecule has 4 aromatic rings. The lowest BCUT2D eigenvalue weighted by molar-refractivity contribution is -0.238. The number of halogens is 4. The Bertz CT molecular complexity index is 1850. The summed E-state index contributed by atoms with van der Waals surface area (Å²) in [6, 6.07) is 15.2. The largest absolute Gasteiger partial charge is 0.492 e. The maximum absolute atomic E-state index is 13.7. The zero-order valence-electron chi connectivity index (χ0n) is 25.8. The molecule has 14 heteroatoms. The molecule has 3 aliphatic heterocycles. The van der Waals surface area contributed by atoms with E-state index in [0.717, 1.165) is 12.1 Å². The van der Waals surface area contributed by atoms with Crippen LogP contribution in [0.15, 0.2) is 66.9 Å². The number of hydrogen-bond donors (Lipinski definition) is 3. The van der Waals surface area contributed by atoms with Crippen LogP contribution in [0.25, 0.3) is 22.0 Å². The lowest BCUT2D eigenvalue weighted by atomic mass is 9.87. The van der Waals surface area contributed by atoms with Gasteiger partial charge in [0.25, 0.3) is 0 Å². The number of aliphatic hydroxyl groups is 2. The average molecular weight is 685 g/mol. The number of ether oxygens (including phenoxy) is 4. The molecule has 2 fully saturated rings. The molecule has 49 heavy (non-hydrogen) atoms. The van der Waals surface area contributed by atoms with E-state index in [0.29, 0.717) is 65.1 Å². The van der Waals surface area contributed by atoms with Gasteiger partial charge in [-0.3, -0.25) is 14.3 Å². The minimum absolute atomic E-state index is 0.0462. The standard InChI is InChI=1S/C35H32F4N2O8/c36-14-18-16-41(17-18)9-10-46-21-4-1-19(2-5-21)32-30-24-8-6-22(47-34-31(43)27(42)13-29(49-34)33(44)45)12-26(24)40-15-25(30)23-7-3-20(35(37,38)39)11-28(23)48-32/h1-8,11-12,15,18,27,29,31-32,34,42-43H,9-10,13-14,16-17H2,(H,44,45)/t27-,29-,31+,32+,34+/m0/s1. The van der Waals surface area contributed by atoms with Crippen LogP contribution in [0.1, 0.15) is 29.2 Å². The lowest BCUT2D eigenvalue weighted by Gasteiger charge is -2.37. The summed E-state index contributed by atoms with van der Waals surface area (Å²) in [6.45, 7) is 2.15. The molecule has 3 N–H and O–H groups in total. The van der Waals surface area contributed by atoms with Gasteiger partial charge < -0.3 is 34.3 Å². The smallest absolute Gasteiger partial charge is 0.416 e. The number of aliphatic carboxylic acids is 1. The zero-order chi connectivity index (χ0) is 34.4. The number of hydrogen-bond acceptors (Lipinski definition) is 9. The molecule has 0 amide bonds. The van der Waals surface area contributed by atoms with Gasteiger partial charge in [0.05, 0.1) is 23.9 Å². The number of carboxylic acids is 1. The fourth-order valence-corrected chi connectivity index (χ4v) is 6.42. The van der Waals surface area contributed by atoms with Gasteiger partial charge in [-0.2, -0.15) is 13.2 Å². The molecule has 2 saturated heterocycles. The monoisotopic (exact) mass is 684 g/mol. The Hall–Kier alpha value is -4.50. The van der Waals surface area contributed by atoms with Crippen LogP contribution in [0.4, 0.5) is 17.6 Å². The van der Waals surface area contributed by atoms with Crippen LogP contribution in [0, 0.1) is 5.92 Å². The highest BCUT2D eigenvalue weighted by atomic mass is 19.4. The van der Waals surface area contributed by atoms with Gasteiger partial charge in [-0.15, -0.1) is 0 Å². The summed E-state index contributed by atoms with van der Waals surface area (Å²) in [7, 11) is 0. The normalized spacial score (nSPS) is 24.0. The molecule has 0 bridgehead atoms. The second kappa shape index (κ2) is 13.1. The van der Waals surface area contributed by atoms with Gasteiger partial charge in [0.15, 0.2) is 12.2 Å². The van der Waals surface area contributed by atoms with E-state index in [9.17, 15) is 37.7 Å². The van der Waals surface area contributed by atoms with Gasteiger partial charge in [-0.25, -0.2) is 4.79 Å². The van der Waals surface area contributed by atoms with E-state index in [1.807, 2.05) is 0 Å². The van der Waals surface area contributed by atoms with E-state index in [1.165, 1.54) is 6.07 Å². The summed E-state index contributed by atoms with van der Waals surface area (Å²) in [5.41, 5.74) is 1.86. The Kier molecular flexibility index (Phi) is 8.82. The summed E-state index contributed by atoms with van der Waals surface area (Å²) in [5, 5.41) is 30.5. The zero-order valence-corrected chi connectivity index (χ0v) is 25.8. The lowest BCUT2D eigenvalue weighted by Crippen LogP contribution is -2.52. The second-order valence-electron chi connectivity index (χ2n) is 12.4. The van der Waals surface area contributed by atoms with Crippen molar-refractivity contribution in [1.29, 1.82) is 0 Å². The van der Waals surface area contributed by atoms with E-state index >= 15 is 0 Å². The van der Waals surface area contributed by atoms with Crippen molar-refractivity contribution in [1.82, 2.24) is 9.88 Å². The highest BCUT2D eigenvalue weighted by Gasteiger charge is 2.41. The Morgan fingerprint density at radius 3 is 2.47 bits per heavy atom. The van der Waals surface area contributed by atoms with Crippen molar-refractivity contribution in [2.24, 2.45) is 5.92 Å². The molecule has 3 aromatic carbocycles. The predicted molar refractivity (Wildman–Crippen MR) is 166 cm³/mol. The van der Waals surface area contributed by atoms with E-state index in [1.54, 1.807) is 48.7 Å². The maximum atomic E-state index is 13.7. The fraction of sp³-hybridized carbons (Fsp3) is 0.371. The Morgan fingerprint density at radius 1 is 1.00 bits per heavy atom. The first-order valence-electron chi connectivity index (χ1n) is 15.7. The van der Waals surface area contributed by atoms with Gasteiger partial charge in [-0.1, -0.05) is 12.1 Å². The molecular formula is C35H32F4N2O8. The first-order valence-corrected chi connectivity index (χ1v) is 15.7. The van der Waals surface area contributed by atoms with E-state index in [2.05, 4.69) is 9.88 Å². The minimum Gasteiger partial charge on any atom is -0.492 e. The maximum Gasteiger partial charge on any atom is 0.416 e. The minimum atomic E-state index is -4.58. The Morgan fingerprint density at radius 2 is 1.76 bits per heavy atom. The molecular weight excluding hydrogens is 652 g/mol. The van der Waals surface area contributed by atoms with Crippen LogP contribution in [0.2, 0.25) is 0 Å². The van der Waals surface area contributed by atoms with Crippen molar-refractivity contribution in [3.05, 3.63) is 83.6 Å². The summed E-state index contributed by atoms with van der Waals surface area (Å²) in [4.78, 5) is 18.1. The number of alkyl halides is 4. The van der Waals surface area contributed by atoms with Crippen molar-refractivity contribution in [2.75, 3.05) is 32.9 Å². The second-order valence-corrected chi connectivity index (χ2v) is 12.4. The number of likely N-dealkylation sites (tertiary alicyclic amines) is 1. The number of carboxylic acid groups (broad SMARTS) is 1. The van der Waals surface area contributed by atoms with Gasteiger partial charge in [0, 0.05) is 66.3 Å². The molecule has 0 saturated carbocycles. The highest BCUT2D eigenvalue weighted by Crippen LogP contribution is 2.49. The SMILES string of the molecule is O=C(O)[C@@H]1C[C@H](O)[C@@H](O)[C@H](Oc2ccc3c4c(cnc3c2)-c2ccc(C(F)(F)F)cc2O[C@@H]4c2ccc(OCCN3CC(CF)C3)cc2)O1. The van der Waals surface area contributed by atoms with E-state index in [4.69, 9.17) is 18.9 Å². The van der Waals surface area contributed by atoms with Gasteiger partial charge >= 0.3 is 12.1 Å². The van der Waals surface area contributed by atoms with Crippen molar-refractivity contribution in [3.63, 3.8) is 0 Å². The quantitative estimate of drug-likeness (QED) is 0.208. The molecule has 0 radical (unpaired) electrons. The van der Waals surface area contributed by atoms with Crippen molar-refractivity contribution >= 4 is 16.9 Å². The number of nitrogens with zero attached hydrogens (tertiary/aromatic N) is 2. The van der Waals surface area contributed by atoms with Crippen molar-refractivity contribution in [2.45, 2.75) is 43.3 Å². The van der Waals surface area contributed by atoms with E-state index in [-0.39, 0.29) is 30.5 Å². The molecule has 3 aliphatic rings. The molecule has 258 valence electrons. The number of rotatable bonds is 9. The Balaban J connectivity index is 1.20. The molecule has 0 spiro atoms. The van der Waals surface area contributed by atoms with Crippen LogP contribution in [-0.2, 0) is 15.7 Å². The number of benzene rings is 3. The van der Waals surface area contributed by atoms with Crippen LogP contribution in [-0.4, -0.2) is 88.7 Å². The first kappa shape index (κ1) is 33.0. The summed E-state index contributed by atoms with van der Waals surface area (Å²) in [5.74, 6) is -0.416. The number of carbonyl (C=O) groups is 1. The third kappa shape index (κ3) is 6.61. The molecule has 0 aliphatic carbocycles. The summed E-state index contributed by atoms with van der Waals surface area (Å²) < 4.78 is 77.1. The third-order valence-electron chi connectivity index (χ3n) is 9.05. The molecule has 7 rings (SSSR count). The topological polar surface area (TPSA) is 131 Å².